The summed E-state index contributed by atoms with van der Waals surface area (Å²) in [6.45, 7) is 10.5. The van der Waals surface area contributed by atoms with Crippen molar-refractivity contribution in [3.63, 3.8) is 0 Å². The van der Waals surface area contributed by atoms with Gasteiger partial charge in [0, 0.05) is 18.4 Å². The molecule has 0 heterocycles. The minimum Gasteiger partial charge on any atom is -0.383 e. The zero-order chi connectivity index (χ0) is 18.6. The van der Waals surface area contributed by atoms with Crippen LogP contribution in [-0.2, 0) is 9.53 Å². The second-order valence-corrected chi connectivity index (χ2v) is 8.46. The monoisotopic (exact) mass is 346 g/mol. The molecule has 0 saturated heterocycles. The number of methoxy groups -OCH3 is 1. The van der Waals surface area contributed by atoms with E-state index in [1.807, 2.05) is 0 Å². The molecule has 0 radical (unpaired) electrons. The first-order valence-corrected chi connectivity index (χ1v) is 9.23. The molecule has 0 aromatic heterocycles. The van der Waals surface area contributed by atoms with Crippen LogP contribution in [0, 0.1) is 17.3 Å². The van der Waals surface area contributed by atoms with E-state index in [0.29, 0.717) is 18.4 Å². The number of hydrogen-bond donors (Lipinski definition) is 2. The zero-order valence-corrected chi connectivity index (χ0v) is 15.8. The Balaban J connectivity index is 2.21. The Bertz CT molecular complexity index is 671. The Morgan fingerprint density at radius 1 is 1.40 bits per heavy atom. The van der Waals surface area contributed by atoms with Crippen LogP contribution < -0.4 is 0 Å². The van der Waals surface area contributed by atoms with Crippen LogP contribution in [0.1, 0.15) is 46.5 Å². The number of aliphatic hydroxyl groups excluding tert-OH is 1. The quantitative estimate of drug-likeness (QED) is 0.609. The molecule has 25 heavy (non-hydrogen) atoms. The van der Waals surface area contributed by atoms with Crippen LogP contribution >= 0.6 is 0 Å². The third-order valence-electron chi connectivity index (χ3n) is 6.45. The Kier molecular flexibility index (Phi) is 4.59. The van der Waals surface area contributed by atoms with Crippen LogP contribution in [0.15, 0.2) is 34.9 Å². The molecular weight excluding hydrogens is 316 g/mol. The van der Waals surface area contributed by atoms with E-state index in [-0.39, 0.29) is 24.2 Å². The summed E-state index contributed by atoms with van der Waals surface area (Å²) in [5, 5.41) is 22.0. The fraction of sp³-hybridized carbons (Fsp3) is 0.667. The molecule has 0 amide bonds. The lowest BCUT2D eigenvalue weighted by molar-refractivity contribution is -0.122. The van der Waals surface area contributed by atoms with Crippen molar-refractivity contribution in [3.8, 4) is 0 Å². The van der Waals surface area contributed by atoms with E-state index in [4.69, 9.17) is 4.74 Å². The molecule has 3 aliphatic carbocycles. The van der Waals surface area contributed by atoms with Crippen LogP contribution in [0.4, 0.5) is 0 Å². The van der Waals surface area contributed by atoms with E-state index in [1.54, 1.807) is 7.11 Å². The van der Waals surface area contributed by atoms with Gasteiger partial charge in [0.15, 0.2) is 5.78 Å². The molecule has 0 aromatic carbocycles. The maximum absolute atomic E-state index is 12.9. The molecule has 0 spiro atoms. The van der Waals surface area contributed by atoms with E-state index in [9.17, 15) is 15.0 Å². The highest BCUT2D eigenvalue weighted by molar-refractivity contribution is 6.01. The normalized spacial score (nSPS) is 40.7. The summed E-state index contributed by atoms with van der Waals surface area (Å²) in [7, 11) is 1.58. The van der Waals surface area contributed by atoms with Crippen molar-refractivity contribution < 1.29 is 19.7 Å². The largest absolute Gasteiger partial charge is 0.383 e. The highest BCUT2D eigenvalue weighted by atomic mass is 16.5. The number of ether oxygens (including phenoxy) is 1. The predicted molar refractivity (Wildman–Crippen MR) is 97.0 cm³/mol. The van der Waals surface area contributed by atoms with Gasteiger partial charge in [0.1, 0.15) is 11.7 Å². The topological polar surface area (TPSA) is 66.8 Å². The molecule has 4 nitrogen and oxygen atoms in total. The lowest BCUT2D eigenvalue weighted by Gasteiger charge is -2.36. The first-order chi connectivity index (χ1) is 11.6. The van der Waals surface area contributed by atoms with Gasteiger partial charge in [0.05, 0.1) is 6.61 Å². The summed E-state index contributed by atoms with van der Waals surface area (Å²) in [4.78, 5) is 12.9. The van der Waals surface area contributed by atoms with Crippen molar-refractivity contribution in [1.82, 2.24) is 0 Å². The lowest BCUT2D eigenvalue weighted by Crippen LogP contribution is -2.40. The smallest absolute Gasteiger partial charge is 0.191 e. The number of fused-ring (bicyclic) bond motifs is 2. The van der Waals surface area contributed by atoms with Gasteiger partial charge in [-0.3, -0.25) is 4.79 Å². The summed E-state index contributed by atoms with van der Waals surface area (Å²) < 4.78 is 5.27. The van der Waals surface area contributed by atoms with Crippen LogP contribution in [-0.4, -0.2) is 41.4 Å². The summed E-state index contributed by atoms with van der Waals surface area (Å²) >= 11 is 0. The first kappa shape index (κ1) is 18.6. The molecule has 2 N–H and O–H groups in total. The van der Waals surface area contributed by atoms with Gasteiger partial charge in [0.25, 0.3) is 0 Å². The Hall–Kier alpha value is -1.23. The fourth-order valence-corrected chi connectivity index (χ4v) is 5.09. The summed E-state index contributed by atoms with van der Waals surface area (Å²) in [6, 6.07) is 0. The molecule has 3 aliphatic rings. The number of carbonyl (C=O) groups excluding carboxylic acids is 1. The second-order valence-electron chi connectivity index (χ2n) is 8.46. The summed E-state index contributed by atoms with van der Waals surface area (Å²) in [5.74, 6) is -0.218. The van der Waals surface area contributed by atoms with Crippen molar-refractivity contribution in [3.05, 3.63) is 34.9 Å². The molecule has 4 atom stereocenters. The minimum absolute atomic E-state index is 0.205. The van der Waals surface area contributed by atoms with E-state index >= 15 is 0 Å². The molecule has 0 unspecified atom stereocenters. The van der Waals surface area contributed by atoms with E-state index in [1.165, 1.54) is 5.57 Å². The average Bonchev–Trinajstić information content (AvgIpc) is 3.04. The van der Waals surface area contributed by atoms with E-state index < -0.39 is 17.1 Å². The van der Waals surface area contributed by atoms with Crippen LogP contribution in [0.25, 0.3) is 0 Å². The summed E-state index contributed by atoms with van der Waals surface area (Å²) in [5.41, 5.74) is 1.79. The number of ketones is 1. The Morgan fingerprint density at radius 3 is 2.68 bits per heavy atom. The molecule has 0 bridgehead atoms. The van der Waals surface area contributed by atoms with Gasteiger partial charge in [-0.25, -0.2) is 0 Å². The molecule has 1 saturated carbocycles. The lowest BCUT2D eigenvalue weighted by atomic mass is 9.70. The number of carbonyl (C=O) groups is 1. The van der Waals surface area contributed by atoms with Crippen LogP contribution in [0.2, 0.25) is 0 Å². The number of rotatable bonds is 3. The number of aliphatic hydroxyl groups is 2. The minimum atomic E-state index is -1.12. The van der Waals surface area contributed by atoms with E-state index in [0.717, 1.165) is 24.0 Å². The first-order valence-electron chi connectivity index (χ1n) is 9.23. The van der Waals surface area contributed by atoms with Gasteiger partial charge in [-0.15, -0.1) is 0 Å². The second kappa shape index (κ2) is 6.19. The molecule has 1 fully saturated rings. The van der Waals surface area contributed by atoms with Crippen molar-refractivity contribution in [1.29, 1.82) is 0 Å². The van der Waals surface area contributed by atoms with Gasteiger partial charge >= 0.3 is 0 Å². The van der Waals surface area contributed by atoms with Crippen LogP contribution in [0.5, 0.6) is 0 Å². The molecule has 4 heteroatoms. The highest BCUT2D eigenvalue weighted by Gasteiger charge is 2.51. The highest BCUT2D eigenvalue weighted by Crippen LogP contribution is 2.54. The maximum atomic E-state index is 12.9. The van der Waals surface area contributed by atoms with Crippen LogP contribution in [0.3, 0.4) is 0 Å². The van der Waals surface area contributed by atoms with Gasteiger partial charge in [-0.05, 0) is 48.3 Å². The third kappa shape index (κ3) is 2.75. The van der Waals surface area contributed by atoms with Crippen molar-refractivity contribution in [2.75, 3.05) is 13.7 Å². The number of hydrogen-bond acceptors (Lipinski definition) is 4. The van der Waals surface area contributed by atoms with Gasteiger partial charge < -0.3 is 14.9 Å². The van der Waals surface area contributed by atoms with E-state index in [2.05, 4.69) is 33.4 Å². The Labute approximate surface area is 150 Å². The zero-order valence-electron chi connectivity index (χ0n) is 15.8. The summed E-state index contributed by atoms with van der Waals surface area (Å²) in [6.07, 6.45) is 3.94. The standard InChI is InChI=1S/C21H30O4/c1-12(2)14-6-8-20(4)10-16-15(7-9-21(16,24)11-25-5)13(3)18(22)19(23)17(14)20/h10,12,15,19,23-24H,3,6-9,11H2,1-2,4-5H3/b16-10+/t15-,19+,20+,21-/m0/s1. The molecule has 0 aliphatic heterocycles. The predicted octanol–water partition coefficient (Wildman–Crippen LogP) is 2.95. The van der Waals surface area contributed by atoms with Gasteiger partial charge in [-0.2, -0.15) is 0 Å². The molecule has 138 valence electrons. The SMILES string of the molecule is C=C1C(=O)[C@H](O)C2=C(C(C)C)CC[C@]2(C)/C=C2\[C@H]1CC[C@]2(O)COC. The average molecular weight is 346 g/mol. The number of allylic oxidation sites excluding steroid dienone is 2. The van der Waals surface area contributed by atoms with Gasteiger partial charge in [0.2, 0.25) is 0 Å². The third-order valence-corrected chi connectivity index (χ3v) is 6.45. The van der Waals surface area contributed by atoms with Gasteiger partial charge in [-0.1, -0.05) is 39.0 Å². The molecule has 3 rings (SSSR count). The van der Waals surface area contributed by atoms with Crippen molar-refractivity contribution >= 4 is 5.78 Å². The number of Topliss-reactive ketones (excluding diaryl/α,β-unsaturated/α-hetero) is 1. The maximum Gasteiger partial charge on any atom is 0.191 e. The molecule has 0 aromatic rings. The Morgan fingerprint density at radius 2 is 2.08 bits per heavy atom. The van der Waals surface area contributed by atoms with Crippen molar-refractivity contribution in [2.24, 2.45) is 17.3 Å². The van der Waals surface area contributed by atoms with Crippen molar-refractivity contribution in [2.45, 2.75) is 58.2 Å². The molecular formula is C21H30O4. The fourth-order valence-electron chi connectivity index (χ4n) is 5.09.